The van der Waals surface area contributed by atoms with Crippen LogP contribution in [0, 0.1) is 5.82 Å². The Labute approximate surface area is 165 Å². The van der Waals surface area contributed by atoms with E-state index < -0.39 is 41.7 Å². The number of hydrogen-bond donors (Lipinski definition) is 2. The van der Waals surface area contributed by atoms with Crippen LogP contribution < -0.4 is 10.6 Å². The van der Waals surface area contributed by atoms with Gasteiger partial charge in [0.05, 0.1) is 12.7 Å². The Hall–Kier alpha value is -3.75. The summed E-state index contributed by atoms with van der Waals surface area (Å²) in [7, 11) is 1.24. The van der Waals surface area contributed by atoms with Gasteiger partial charge in [-0.2, -0.15) is 0 Å². The standard InChI is InChI=1S/C20H18FN3O5/c1-20(13-6-8-14(21)9-7-13)18(27)24(19(28)23-20)11-16(25)22-15-5-3-4-12(10-15)17(26)29-2/h3-10H,11H2,1-2H3,(H,22,25)(H,23,28). The number of imide groups is 1. The van der Waals surface area contributed by atoms with Crippen molar-refractivity contribution >= 4 is 29.5 Å². The average molecular weight is 399 g/mol. The summed E-state index contributed by atoms with van der Waals surface area (Å²) < 4.78 is 17.8. The first kappa shape index (κ1) is 20.0. The summed E-state index contributed by atoms with van der Waals surface area (Å²) in [6, 6.07) is 10.5. The van der Waals surface area contributed by atoms with Gasteiger partial charge < -0.3 is 15.4 Å². The van der Waals surface area contributed by atoms with Crippen LogP contribution in [0.3, 0.4) is 0 Å². The van der Waals surface area contributed by atoms with E-state index in [0.717, 1.165) is 4.90 Å². The third-order valence-electron chi connectivity index (χ3n) is 4.57. The smallest absolute Gasteiger partial charge is 0.337 e. The van der Waals surface area contributed by atoms with Crippen molar-refractivity contribution in [2.75, 3.05) is 19.0 Å². The van der Waals surface area contributed by atoms with Gasteiger partial charge in [-0.25, -0.2) is 14.0 Å². The van der Waals surface area contributed by atoms with E-state index in [4.69, 9.17) is 0 Å². The van der Waals surface area contributed by atoms with Gasteiger partial charge >= 0.3 is 12.0 Å². The van der Waals surface area contributed by atoms with Gasteiger partial charge in [-0.1, -0.05) is 18.2 Å². The molecule has 2 aromatic carbocycles. The van der Waals surface area contributed by atoms with Gasteiger partial charge in [0.15, 0.2) is 0 Å². The van der Waals surface area contributed by atoms with Gasteiger partial charge in [-0.3, -0.25) is 14.5 Å². The molecule has 0 bridgehead atoms. The van der Waals surface area contributed by atoms with Crippen molar-refractivity contribution in [2.24, 2.45) is 0 Å². The number of ether oxygens (including phenoxy) is 1. The summed E-state index contributed by atoms with van der Waals surface area (Å²) in [5.74, 6) is -2.30. The summed E-state index contributed by atoms with van der Waals surface area (Å²) in [6.07, 6.45) is 0. The van der Waals surface area contributed by atoms with Crippen LogP contribution in [-0.4, -0.2) is 42.4 Å². The summed E-state index contributed by atoms with van der Waals surface area (Å²) in [6.45, 7) is 0.960. The molecule has 1 aliphatic heterocycles. The summed E-state index contributed by atoms with van der Waals surface area (Å²) >= 11 is 0. The van der Waals surface area contributed by atoms with Gasteiger partial charge in [0.1, 0.15) is 17.9 Å². The molecule has 0 spiro atoms. The van der Waals surface area contributed by atoms with E-state index in [9.17, 15) is 23.6 Å². The van der Waals surface area contributed by atoms with E-state index in [1.807, 2.05) is 0 Å². The minimum atomic E-state index is -1.41. The van der Waals surface area contributed by atoms with Crippen LogP contribution in [0.25, 0.3) is 0 Å². The Morgan fingerprint density at radius 2 is 1.86 bits per heavy atom. The second-order valence-corrected chi connectivity index (χ2v) is 6.57. The predicted molar refractivity (Wildman–Crippen MR) is 100 cm³/mol. The fourth-order valence-electron chi connectivity index (χ4n) is 3.01. The largest absolute Gasteiger partial charge is 0.465 e. The molecule has 4 amide bonds. The topological polar surface area (TPSA) is 105 Å². The fraction of sp³-hybridized carbons (Fsp3) is 0.200. The molecule has 1 atom stereocenters. The molecule has 2 aromatic rings. The third kappa shape index (κ3) is 3.93. The van der Waals surface area contributed by atoms with Crippen LogP contribution >= 0.6 is 0 Å². The van der Waals surface area contributed by atoms with Crippen LogP contribution in [0.1, 0.15) is 22.8 Å². The molecule has 29 heavy (non-hydrogen) atoms. The molecule has 0 aromatic heterocycles. The van der Waals surface area contributed by atoms with Crippen molar-refractivity contribution in [1.82, 2.24) is 10.2 Å². The average Bonchev–Trinajstić information content (AvgIpc) is 2.92. The SMILES string of the molecule is COC(=O)c1cccc(NC(=O)CN2C(=O)NC(C)(c3ccc(F)cc3)C2=O)c1. The van der Waals surface area contributed by atoms with E-state index in [2.05, 4.69) is 15.4 Å². The van der Waals surface area contributed by atoms with Crippen LogP contribution in [0.4, 0.5) is 14.9 Å². The first-order chi connectivity index (χ1) is 13.7. The molecule has 0 aliphatic carbocycles. The monoisotopic (exact) mass is 399 g/mol. The third-order valence-corrected chi connectivity index (χ3v) is 4.57. The highest BCUT2D eigenvalue weighted by atomic mass is 19.1. The molecule has 8 nitrogen and oxygen atoms in total. The normalized spacial score (nSPS) is 18.4. The molecule has 1 unspecified atom stereocenters. The van der Waals surface area contributed by atoms with Gasteiger partial charge in [0, 0.05) is 5.69 Å². The molecule has 0 saturated carbocycles. The maximum atomic E-state index is 13.2. The molecule has 3 rings (SSSR count). The van der Waals surface area contributed by atoms with Gasteiger partial charge in [-0.05, 0) is 42.8 Å². The number of esters is 1. The summed E-state index contributed by atoms with van der Waals surface area (Å²) in [4.78, 5) is 49.8. The number of amides is 4. The van der Waals surface area contributed by atoms with E-state index in [1.165, 1.54) is 50.4 Å². The van der Waals surface area contributed by atoms with E-state index in [-0.39, 0.29) is 5.56 Å². The molecule has 150 valence electrons. The van der Waals surface area contributed by atoms with Crippen LogP contribution in [0.5, 0.6) is 0 Å². The molecular weight excluding hydrogens is 381 g/mol. The molecule has 1 heterocycles. The number of carbonyl (C=O) groups is 4. The molecule has 1 fully saturated rings. The predicted octanol–water partition coefficient (Wildman–Crippen LogP) is 2.02. The molecule has 9 heteroatoms. The lowest BCUT2D eigenvalue weighted by atomic mass is 9.92. The van der Waals surface area contributed by atoms with Crippen molar-refractivity contribution in [3.05, 3.63) is 65.5 Å². The first-order valence-corrected chi connectivity index (χ1v) is 8.63. The highest BCUT2D eigenvalue weighted by molar-refractivity contribution is 6.10. The maximum Gasteiger partial charge on any atom is 0.337 e. The number of rotatable bonds is 5. The highest BCUT2D eigenvalue weighted by Gasteiger charge is 2.49. The van der Waals surface area contributed by atoms with Crippen LogP contribution in [0.15, 0.2) is 48.5 Å². The van der Waals surface area contributed by atoms with Crippen molar-refractivity contribution in [3.8, 4) is 0 Å². The Morgan fingerprint density at radius 3 is 2.52 bits per heavy atom. The zero-order chi connectivity index (χ0) is 21.2. The summed E-state index contributed by atoms with van der Waals surface area (Å²) in [5.41, 5.74) is -0.461. The Balaban J connectivity index is 1.72. The Morgan fingerprint density at radius 1 is 1.17 bits per heavy atom. The van der Waals surface area contributed by atoms with Crippen molar-refractivity contribution in [3.63, 3.8) is 0 Å². The van der Waals surface area contributed by atoms with Crippen LogP contribution in [0.2, 0.25) is 0 Å². The number of benzene rings is 2. The second kappa shape index (κ2) is 7.70. The minimum absolute atomic E-state index is 0.240. The van der Waals surface area contributed by atoms with E-state index in [0.29, 0.717) is 11.3 Å². The van der Waals surface area contributed by atoms with E-state index in [1.54, 1.807) is 12.1 Å². The van der Waals surface area contributed by atoms with Crippen molar-refractivity contribution in [1.29, 1.82) is 0 Å². The van der Waals surface area contributed by atoms with E-state index >= 15 is 0 Å². The van der Waals surface area contributed by atoms with Gasteiger partial charge in [0.2, 0.25) is 5.91 Å². The molecule has 1 saturated heterocycles. The van der Waals surface area contributed by atoms with Crippen molar-refractivity contribution < 1.29 is 28.3 Å². The molecule has 1 aliphatic rings. The molecule has 0 radical (unpaired) electrons. The van der Waals surface area contributed by atoms with Crippen LogP contribution in [-0.2, 0) is 19.9 Å². The molecule has 2 N–H and O–H groups in total. The number of hydrogen-bond acceptors (Lipinski definition) is 5. The number of nitrogens with zero attached hydrogens (tertiary/aromatic N) is 1. The Bertz CT molecular complexity index is 992. The van der Waals surface area contributed by atoms with Gasteiger partial charge in [0.25, 0.3) is 5.91 Å². The number of methoxy groups -OCH3 is 1. The first-order valence-electron chi connectivity index (χ1n) is 8.63. The summed E-state index contributed by atoms with van der Waals surface area (Å²) in [5, 5.41) is 5.07. The van der Waals surface area contributed by atoms with Crippen molar-refractivity contribution in [2.45, 2.75) is 12.5 Å². The lowest BCUT2D eigenvalue weighted by Crippen LogP contribution is -2.42. The quantitative estimate of drug-likeness (QED) is 0.591. The Kier molecular flexibility index (Phi) is 5.31. The maximum absolute atomic E-state index is 13.2. The number of halogens is 1. The highest BCUT2D eigenvalue weighted by Crippen LogP contribution is 2.28. The number of anilines is 1. The lowest BCUT2D eigenvalue weighted by Gasteiger charge is -2.22. The zero-order valence-electron chi connectivity index (χ0n) is 15.7. The van der Waals surface area contributed by atoms with Gasteiger partial charge in [-0.15, -0.1) is 0 Å². The number of carbonyl (C=O) groups excluding carboxylic acids is 4. The lowest BCUT2D eigenvalue weighted by molar-refractivity contribution is -0.133. The second-order valence-electron chi connectivity index (χ2n) is 6.57. The zero-order valence-corrected chi connectivity index (χ0v) is 15.7. The molecular formula is C20H18FN3O5. The number of nitrogens with one attached hydrogen (secondary N) is 2. The minimum Gasteiger partial charge on any atom is -0.465 e. The fourth-order valence-corrected chi connectivity index (χ4v) is 3.01. The number of urea groups is 1.